The van der Waals surface area contributed by atoms with E-state index < -0.39 is 5.60 Å². The molecule has 1 aromatic heterocycles. The second kappa shape index (κ2) is 5.00. The number of nitrogens with one attached hydrogen (secondary N) is 1. The van der Waals surface area contributed by atoms with E-state index in [4.69, 9.17) is 16.3 Å². The van der Waals surface area contributed by atoms with Crippen molar-refractivity contribution in [1.82, 2.24) is 10.3 Å². The quantitative estimate of drug-likeness (QED) is 0.832. The maximum atomic E-state index is 11.8. The number of pyridine rings is 1. The Morgan fingerprint density at radius 2 is 2.53 bits per heavy atom. The number of amides is 1. The van der Waals surface area contributed by atoms with Gasteiger partial charge in [-0.15, -0.1) is 0 Å². The average Bonchev–Trinajstić information content (AvgIpc) is 2.74. The Morgan fingerprint density at radius 3 is 3.18 bits per heavy atom. The molecule has 2 rings (SSSR count). The fraction of sp³-hybridized carbons (Fsp3) is 0.455. The molecular weight excluding hydrogens is 244 g/mol. The molecule has 0 radical (unpaired) electrons. The lowest BCUT2D eigenvalue weighted by Crippen LogP contribution is -2.43. The Balaban J connectivity index is 1.96. The molecule has 17 heavy (non-hydrogen) atoms. The molecule has 2 N–H and O–H groups in total. The summed E-state index contributed by atoms with van der Waals surface area (Å²) >= 11 is 5.86. The van der Waals surface area contributed by atoms with Gasteiger partial charge in [-0.05, 0) is 6.07 Å². The summed E-state index contributed by atoms with van der Waals surface area (Å²) in [6.07, 6.45) is 3.43. The fourth-order valence-corrected chi connectivity index (χ4v) is 1.81. The topological polar surface area (TPSA) is 71.5 Å². The molecule has 0 bridgehead atoms. The first-order chi connectivity index (χ1) is 8.11. The van der Waals surface area contributed by atoms with Gasteiger partial charge in [0.05, 0.1) is 17.2 Å². The van der Waals surface area contributed by atoms with Crippen molar-refractivity contribution in [3.8, 4) is 0 Å². The highest BCUT2D eigenvalue weighted by molar-refractivity contribution is 6.33. The first-order valence-electron chi connectivity index (χ1n) is 5.29. The maximum absolute atomic E-state index is 11.8. The van der Waals surface area contributed by atoms with Crippen LogP contribution in [-0.2, 0) is 4.74 Å². The first kappa shape index (κ1) is 12.3. The van der Waals surface area contributed by atoms with Crippen LogP contribution in [0.3, 0.4) is 0 Å². The van der Waals surface area contributed by atoms with Crippen molar-refractivity contribution in [3.63, 3.8) is 0 Å². The summed E-state index contributed by atoms with van der Waals surface area (Å²) in [5.74, 6) is -0.344. The predicted molar refractivity (Wildman–Crippen MR) is 62.0 cm³/mol. The fourth-order valence-electron chi connectivity index (χ4n) is 1.62. The number of aromatic nitrogens is 1. The summed E-state index contributed by atoms with van der Waals surface area (Å²) in [6, 6.07) is 1.55. The zero-order chi connectivity index (χ0) is 12.3. The zero-order valence-corrected chi connectivity index (χ0v) is 9.91. The summed E-state index contributed by atoms with van der Waals surface area (Å²) < 4.78 is 5.08. The Hall–Kier alpha value is -1.17. The van der Waals surface area contributed by atoms with E-state index in [-0.39, 0.29) is 19.1 Å². The second-order valence-corrected chi connectivity index (χ2v) is 4.47. The molecule has 1 unspecified atom stereocenters. The number of carbonyl (C=O) groups is 1. The number of halogens is 1. The highest BCUT2D eigenvalue weighted by Gasteiger charge is 2.32. The summed E-state index contributed by atoms with van der Waals surface area (Å²) in [5.41, 5.74) is -0.665. The third-order valence-electron chi connectivity index (χ3n) is 2.67. The molecule has 1 amide bonds. The van der Waals surface area contributed by atoms with Gasteiger partial charge in [0.25, 0.3) is 5.91 Å². The van der Waals surface area contributed by atoms with Crippen LogP contribution in [0.2, 0.25) is 5.02 Å². The lowest BCUT2D eigenvalue weighted by molar-refractivity contribution is 0.0264. The van der Waals surface area contributed by atoms with Gasteiger partial charge >= 0.3 is 0 Å². The number of nitrogens with zero attached hydrogens (tertiary/aromatic N) is 1. The lowest BCUT2D eigenvalue weighted by Gasteiger charge is -2.20. The first-order valence-corrected chi connectivity index (χ1v) is 5.66. The number of aliphatic hydroxyl groups is 1. The molecule has 1 aromatic rings. The van der Waals surface area contributed by atoms with E-state index in [9.17, 15) is 9.90 Å². The normalized spacial score (nSPS) is 23.6. The molecule has 92 valence electrons. The van der Waals surface area contributed by atoms with E-state index in [1.807, 2.05) is 0 Å². The number of ether oxygens (including phenoxy) is 1. The van der Waals surface area contributed by atoms with E-state index in [0.717, 1.165) is 0 Å². The highest BCUT2D eigenvalue weighted by Crippen LogP contribution is 2.18. The lowest BCUT2D eigenvalue weighted by atomic mass is 10.0. The molecule has 0 aliphatic carbocycles. The molecule has 0 saturated carbocycles. The van der Waals surface area contributed by atoms with Crippen LogP contribution in [0.4, 0.5) is 0 Å². The zero-order valence-electron chi connectivity index (χ0n) is 9.15. The minimum absolute atomic E-state index is 0.150. The molecule has 1 aliphatic heterocycles. The van der Waals surface area contributed by atoms with Crippen LogP contribution < -0.4 is 5.32 Å². The second-order valence-electron chi connectivity index (χ2n) is 4.07. The van der Waals surface area contributed by atoms with Gasteiger partial charge < -0.3 is 15.2 Å². The summed E-state index contributed by atoms with van der Waals surface area (Å²) in [7, 11) is 0. The number of rotatable bonds is 3. The molecule has 0 spiro atoms. The van der Waals surface area contributed by atoms with Gasteiger partial charge in [0, 0.05) is 32.0 Å². The monoisotopic (exact) mass is 256 g/mol. The van der Waals surface area contributed by atoms with Crippen LogP contribution in [0.15, 0.2) is 18.5 Å². The molecule has 1 saturated heterocycles. The van der Waals surface area contributed by atoms with E-state index in [1.54, 1.807) is 6.07 Å². The van der Waals surface area contributed by atoms with Crippen molar-refractivity contribution in [2.24, 2.45) is 0 Å². The molecule has 2 heterocycles. The van der Waals surface area contributed by atoms with Crippen molar-refractivity contribution in [1.29, 1.82) is 0 Å². The Morgan fingerprint density at radius 1 is 1.71 bits per heavy atom. The summed E-state index contributed by atoms with van der Waals surface area (Å²) in [5, 5.41) is 12.9. The molecule has 1 atom stereocenters. The largest absolute Gasteiger partial charge is 0.386 e. The van der Waals surface area contributed by atoms with Gasteiger partial charge in [0.15, 0.2) is 0 Å². The number of carbonyl (C=O) groups excluding carboxylic acids is 1. The van der Waals surface area contributed by atoms with Crippen molar-refractivity contribution >= 4 is 17.5 Å². The number of hydrogen-bond acceptors (Lipinski definition) is 4. The molecular formula is C11H13ClN2O3. The predicted octanol–water partition coefficient (Wildman–Crippen LogP) is 0.616. The Bertz CT molecular complexity index is 419. The van der Waals surface area contributed by atoms with Gasteiger partial charge in [-0.3, -0.25) is 9.78 Å². The van der Waals surface area contributed by atoms with Gasteiger partial charge in [0.2, 0.25) is 0 Å². The van der Waals surface area contributed by atoms with Gasteiger partial charge in [0.1, 0.15) is 5.60 Å². The maximum Gasteiger partial charge on any atom is 0.254 e. The van der Waals surface area contributed by atoms with Gasteiger partial charge in [-0.25, -0.2) is 0 Å². The van der Waals surface area contributed by atoms with Crippen LogP contribution in [0, 0.1) is 0 Å². The van der Waals surface area contributed by atoms with Crippen LogP contribution in [0.5, 0.6) is 0 Å². The van der Waals surface area contributed by atoms with Crippen molar-refractivity contribution in [2.45, 2.75) is 12.0 Å². The summed E-state index contributed by atoms with van der Waals surface area (Å²) in [6.45, 7) is 0.908. The summed E-state index contributed by atoms with van der Waals surface area (Å²) in [4.78, 5) is 15.6. The average molecular weight is 257 g/mol. The highest BCUT2D eigenvalue weighted by atomic mass is 35.5. The smallest absolute Gasteiger partial charge is 0.254 e. The minimum atomic E-state index is -0.968. The van der Waals surface area contributed by atoms with Crippen LogP contribution in [0.25, 0.3) is 0 Å². The Labute approximate surface area is 104 Å². The molecule has 1 fully saturated rings. The van der Waals surface area contributed by atoms with E-state index >= 15 is 0 Å². The van der Waals surface area contributed by atoms with Crippen molar-refractivity contribution < 1.29 is 14.6 Å². The Kier molecular flexibility index (Phi) is 3.61. The van der Waals surface area contributed by atoms with Crippen LogP contribution >= 0.6 is 11.6 Å². The third-order valence-corrected chi connectivity index (χ3v) is 3.00. The van der Waals surface area contributed by atoms with Crippen molar-refractivity contribution in [3.05, 3.63) is 29.0 Å². The molecule has 0 aromatic carbocycles. The van der Waals surface area contributed by atoms with Gasteiger partial charge in [-0.2, -0.15) is 0 Å². The minimum Gasteiger partial charge on any atom is -0.386 e. The van der Waals surface area contributed by atoms with Gasteiger partial charge in [-0.1, -0.05) is 11.6 Å². The molecule has 6 heteroatoms. The van der Waals surface area contributed by atoms with Crippen molar-refractivity contribution in [2.75, 3.05) is 19.8 Å². The standard InChI is InChI=1S/C11H13ClN2O3/c12-9-1-3-13-5-8(9)10(15)14-6-11(16)2-4-17-7-11/h1,3,5,16H,2,4,6-7H2,(H,14,15). The van der Waals surface area contributed by atoms with Crippen LogP contribution in [0.1, 0.15) is 16.8 Å². The number of hydrogen-bond donors (Lipinski definition) is 2. The van der Waals surface area contributed by atoms with Crippen LogP contribution in [-0.4, -0.2) is 41.4 Å². The van der Waals surface area contributed by atoms with E-state index in [1.165, 1.54) is 12.4 Å². The van der Waals surface area contributed by atoms with E-state index in [0.29, 0.717) is 23.6 Å². The SMILES string of the molecule is O=C(NCC1(O)CCOC1)c1cnccc1Cl. The van der Waals surface area contributed by atoms with E-state index in [2.05, 4.69) is 10.3 Å². The molecule has 5 nitrogen and oxygen atoms in total. The molecule has 1 aliphatic rings. The third kappa shape index (κ3) is 2.94.